The van der Waals surface area contributed by atoms with Crippen LogP contribution in [0.4, 0.5) is 0 Å². The third kappa shape index (κ3) is 2.40. The fourth-order valence-electron chi connectivity index (χ4n) is 2.47. The highest BCUT2D eigenvalue weighted by atomic mass is 16.1. The maximum atomic E-state index is 11.8. The van der Waals surface area contributed by atoms with Crippen LogP contribution in [-0.4, -0.2) is 14.3 Å². The van der Waals surface area contributed by atoms with Crippen LogP contribution >= 0.6 is 0 Å². The van der Waals surface area contributed by atoms with E-state index >= 15 is 0 Å². The van der Waals surface area contributed by atoms with Crippen molar-refractivity contribution in [3.8, 4) is 16.9 Å². The number of aryl methyl sites for hydroxylation is 3. The van der Waals surface area contributed by atoms with Crippen molar-refractivity contribution < 1.29 is 0 Å². The molecule has 0 unspecified atom stereocenters. The Balaban J connectivity index is 2.12. The quantitative estimate of drug-likeness (QED) is 0.723. The fourth-order valence-corrected chi connectivity index (χ4v) is 2.47. The number of rotatable bonds is 2. The SMILES string of the molecule is Cc1cn(-c2ccccc2)nc1-c1cc(C)c(=O)n(C)c1. The summed E-state index contributed by atoms with van der Waals surface area (Å²) in [6, 6.07) is 11.9. The van der Waals surface area contributed by atoms with Gasteiger partial charge in [0.15, 0.2) is 0 Å². The van der Waals surface area contributed by atoms with Crippen molar-refractivity contribution >= 4 is 0 Å². The Morgan fingerprint density at radius 3 is 2.38 bits per heavy atom. The first-order valence-corrected chi connectivity index (χ1v) is 6.85. The van der Waals surface area contributed by atoms with Gasteiger partial charge in [0.05, 0.1) is 11.4 Å². The number of para-hydroxylation sites is 1. The Morgan fingerprint density at radius 1 is 1.00 bits per heavy atom. The predicted octanol–water partition coefficient (Wildman–Crippen LogP) is 2.85. The van der Waals surface area contributed by atoms with E-state index in [1.54, 1.807) is 11.6 Å². The lowest BCUT2D eigenvalue weighted by atomic mass is 10.1. The number of hydrogen-bond acceptors (Lipinski definition) is 2. The average Bonchev–Trinajstić information content (AvgIpc) is 2.87. The minimum atomic E-state index is 0.0268. The van der Waals surface area contributed by atoms with Crippen molar-refractivity contribution in [2.45, 2.75) is 13.8 Å². The molecule has 0 saturated heterocycles. The summed E-state index contributed by atoms with van der Waals surface area (Å²) in [5.41, 5.74) is 4.71. The van der Waals surface area contributed by atoms with Gasteiger partial charge in [0.1, 0.15) is 0 Å². The molecule has 4 nitrogen and oxygen atoms in total. The van der Waals surface area contributed by atoms with Gasteiger partial charge < -0.3 is 4.57 Å². The first kappa shape index (κ1) is 13.4. The molecule has 4 heteroatoms. The van der Waals surface area contributed by atoms with Gasteiger partial charge >= 0.3 is 0 Å². The zero-order valence-corrected chi connectivity index (χ0v) is 12.4. The molecule has 3 rings (SSSR count). The van der Waals surface area contributed by atoms with E-state index in [4.69, 9.17) is 0 Å². The maximum Gasteiger partial charge on any atom is 0.253 e. The molecule has 3 aromatic rings. The summed E-state index contributed by atoms with van der Waals surface area (Å²) in [7, 11) is 1.77. The molecule has 2 aromatic heterocycles. The number of hydrogen-bond donors (Lipinski definition) is 0. The van der Waals surface area contributed by atoms with E-state index in [2.05, 4.69) is 5.10 Å². The van der Waals surface area contributed by atoms with E-state index in [9.17, 15) is 4.79 Å². The smallest absolute Gasteiger partial charge is 0.253 e. The van der Waals surface area contributed by atoms with Crippen molar-refractivity contribution in [1.29, 1.82) is 0 Å². The van der Waals surface area contributed by atoms with Crippen LogP contribution in [0.25, 0.3) is 16.9 Å². The Bertz CT molecular complexity index is 818. The summed E-state index contributed by atoms with van der Waals surface area (Å²) in [4.78, 5) is 11.8. The summed E-state index contributed by atoms with van der Waals surface area (Å²) in [6.45, 7) is 3.86. The van der Waals surface area contributed by atoms with Gasteiger partial charge in [-0.15, -0.1) is 0 Å². The highest BCUT2D eigenvalue weighted by Crippen LogP contribution is 2.22. The highest BCUT2D eigenvalue weighted by Gasteiger charge is 2.11. The minimum Gasteiger partial charge on any atom is -0.318 e. The molecule has 0 aliphatic rings. The molecule has 0 saturated carbocycles. The highest BCUT2D eigenvalue weighted by molar-refractivity contribution is 5.62. The molecular formula is C17H17N3O. The van der Waals surface area contributed by atoms with Crippen LogP contribution in [0.2, 0.25) is 0 Å². The Hall–Kier alpha value is -2.62. The summed E-state index contributed by atoms with van der Waals surface area (Å²) < 4.78 is 3.47. The molecule has 0 fully saturated rings. The number of aromatic nitrogens is 3. The second-order valence-corrected chi connectivity index (χ2v) is 5.27. The van der Waals surface area contributed by atoms with Gasteiger partial charge in [0, 0.05) is 30.6 Å². The van der Waals surface area contributed by atoms with Gasteiger partial charge in [0.2, 0.25) is 0 Å². The van der Waals surface area contributed by atoms with E-state index in [1.165, 1.54) is 0 Å². The molecule has 0 atom stereocenters. The average molecular weight is 279 g/mol. The van der Waals surface area contributed by atoms with Gasteiger partial charge in [-0.25, -0.2) is 4.68 Å². The molecular weight excluding hydrogens is 262 g/mol. The molecule has 0 radical (unpaired) electrons. The molecule has 0 aliphatic carbocycles. The molecule has 0 spiro atoms. The largest absolute Gasteiger partial charge is 0.318 e. The second-order valence-electron chi connectivity index (χ2n) is 5.27. The number of pyridine rings is 1. The lowest BCUT2D eigenvalue weighted by Gasteiger charge is -2.05. The molecule has 106 valence electrons. The van der Waals surface area contributed by atoms with Crippen LogP contribution in [0.15, 0.2) is 53.6 Å². The lowest BCUT2D eigenvalue weighted by molar-refractivity contribution is 0.845. The van der Waals surface area contributed by atoms with E-state index in [-0.39, 0.29) is 5.56 Å². The summed E-state index contributed by atoms with van der Waals surface area (Å²) in [5, 5.41) is 4.66. The van der Waals surface area contributed by atoms with Crippen molar-refractivity contribution in [2.24, 2.45) is 7.05 Å². The Kier molecular flexibility index (Phi) is 3.22. The molecule has 2 heterocycles. The van der Waals surface area contributed by atoms with E-state index in [0.717, 1.165) is 28.1 Å². The molecule has 1 aromatic carbocycles. The maximum absolute atomic E-state index is 11.8. The van der Waals surface area contributed by atoms with Gasteiger partial charge in [-0.1, -0.05) is 18.2 Å². The van der Waals surface area contributed by atoms with Crippen LogP contribution in [0.5, 0.6) is 0 Å². The van der Waals surface area contributed by atoms with Gasteiger partial charge in [-0.05, 0) is 37.6 Å². The normalized spacial score (nSPS) is 10.8. The van der Waals surface area contributed by atoms with E-state index in [1.807, 2.05) is 67.3 Å². The first-order chi connectivity index (χ1) is 10.1. The molecule has 0 bridgehead atoms. The second kappa shape index (κ2) is 5.05. The van der Waals surface area contributed by atoms with Gasteiger partial charge in [-0.3, -0.25) is 4.79 Å². The summed E-state index contributed by atoms with van der Waals surface area (Å²) in [6.07, 6.45) is 3.84. The first-order valence-electron chi connectivity index (χ1n) is 6.85. The summed E-state index contributed by atoms with van der Waals surface area (Å²) >= 11 is 0. The Morgan fingerprint density at radius 2 is 1.71 bits per heavy atom. The zero-order chi connectivity index (χ0) is 15.0. The lowest BCUT2D eigenvalue weighted by Crippen LogP contribution is -2.18. The van der Waals surface area contributed by atoms with Crippen LogP contribution in [-0.2, 0) is 7.05 Å². The van der Waals surface area contributed by atoms with Crippen LogP contribution < -0.4 is 5.56 Å². The van der Waals surface area contributed by atoms with Gasteiger partial charge in [0.25, 0.3) is 5.56 Å². The van der Waals surface area contributed by atoms with E-state index in [0.29, 0.717) is 0 Å². The third-order valence-electron chi connectivity index (χ3n) is 3.55. The minimum absolute atomic E-state index is 0.0268. The van der Waals surface area contributed by atoms with Crippen LogP contribution in [0, 0.1) is 13.8 Å². The van der Waals surface area contributed by atoms with Crippen LogP contribution in [0.1, 0.15) is 11.1 Å². The van der Waals surface area contributed by atoms with Gasteiger partial charge in [-0.2, -0.15) is 5.10 Å². The monoisotopic (exact) mass is 279 g/mol. The van der Waals surface area contributed by atoms with E-state index < -0.39 is 0 Å². The van der Waals surface area contributed by atoms with Crippen molar-refractivity contribution in [2.75, 3.05) is 0 Å². The predicted molar refractivity (Wildman–Crippen MR) is 83.7 cm³/mol. The summed E-state index contributed by atoms with van der Waals surface area (Å²) in [5.74, 6) is 0. The molecule has 0 amide bonds. The molecule has 0 N–H and O–H groups in total. The molecule has 0 aliphatic heterocycles. The van der Waals surface area contributed by atoms with Crippen molar-refractivity contribution in [1.82, 2.24) is 14.3 Å². The number of benzene rings is 1. The zero-order valence-electron chi connectivity index (χ0n) is 12.4. The third-order valence-corrected chi connectivity index (χ3v) is 3.55. The topological polar surface area (TPSA) is 39.8 Å². The van der Waals surface area contributed by atoms with Crippen molar-refractivity contribution in [3.63, 3.8) is 0 Å². The fraction of sp³-hybridized carbons (Fsp3) is 0.176. The van der Waals surface area contributed by atoms with Crippen LogP contribution in [0.3, 0.4) is 0 Å². The standard InChI is InChI=1S/C17H17N3O/c1-12-9-14(11-19(3)17(12)21)16-13(2)10-20(18-16)15-7-5-4-6-8-15/h4-11H,1-3H3. The molecule has 21 heavy (non-hydrogen) atoms. The number of nitrogens with zero attached hydrogens (tertiary/aromatic N) is 3. The Labute approximate surface area is 123 Å². The van der Waals surface area contributed by atoms with Crippen molar-refractivity contribution in [3.05, 3.63) is 70.3 Å².